The van der Waals surface area contributed by atoms with Crippen molar-refractivity contribution >= 4 is 16.8 Å². The molecule has 1 fully saturated rings. The minimum atomic E-state index is -0.115. The SMILES string of the molecule is Cc1cc(Cn2cc3c(CC(=O)NCCCO)nccc3n2)ncc1OCC1CC1. The number of fused-ring (bicyclic) bond motifs is 1. The molecule has 1 saturated carbocycles. The molecule has 4 rings (SSSR count). The van der Waals surface area contributed by atoms with Crippen LogP contribution in [0.4, 0.5) is 0 Å². The lowest BCUT2D eigenvalue weighted by atomic mass is 10.2. The smallest absolute Gasteiger partial charge is 0.226 e. The van der Waals surface area contributed by atoms with Crippen LogP contribution in [0.5, 0.6) is 5.75 Å². The summed E-state index contributed by atoms with van der Waals surface area (Å²) in [5.41, 5.74) is 3.45. The molecule has 0 saturated heterocycles. The highest BCUT2D eigenvalue weighted by Crippen LogP contribution is 2.30. The van der Waals surface area contributed by atoms with E-state index in [0.717, 1.165) is 34.5 Å². The van der Waals surface area contributed by atoms with E-state index in [4.69, 9.17) is 9.84 Å². The van der Waals surface area contributed by atoms with Gasteiger partial charge in [0, 0.05) is 30.9 Å². The topological polar surface area (TPSA) is 102 Å². The molecule has 0 radical (unpaired) electrons. The maximum absolute atomic E-state index is 12.1. The Balaban J connectivity index is 1.44. The van der Waals surface area contributed by atoms with Gasteiger partial charge in [-0.05, 0) is 49.8 Å². The van der Waals surface area contributed by atoms with Crippen molar-refractivity contribution in [1.29, 1.82) is 0 Å². The largest absolute Gasteiger partial charge is 0.491 e. The van der Waals surface area contributed by atoms with Crippen LogP contribution in [-0.2, 0) is 17.8 Å². The van der Waals surface area contributed by atoms with Gasteiger partial charge in [-0.1, -0.05) is 0 Å². The molecular formula is C22H27N5O3. The summed E-state index contributed by atoms with van der Waals surface area (Å²) in [4.78, 5) is 21.0. The molecule has 0 aromatic carbocycles. The van der Waals surface area contributed by atoms with Gasteiger partial charge in [-0.2, -0.15) is 5.10 Å². The van der Waals surface area contributed by atoms with Gasteiger partial charge in [-0.25, -0.2) is 0 Å². The first-order valence-electron chi connectivity index (χ1n) is 10.4. The number of rotatable bonds is 10. The summed E-state index contributed by atoms with van der Waals surface area (Å²) in [7, 11) is 0. The second-order valence-corrected chi connectivity index (χ2v) is 7.82. The number of hydrogen-bond acceptors (Lipinski definition) is 6. The predicted octanol–water partition coefficient (Wildman–Crippen LogP) is 2.01. The first-order valence-corrected chi connectivity index (χ1v) is 10.4. The predicted molar refractivity (Wildman–Crippen MR) is 112 cm³/mol. The summed E-state index contributed by atoms with van der Waals surface area (Å²) >= 11 is 0. The molecule has 3 aromatic heterocycles. The molecule has 30 heavy (non-hydrogen) atoms. The number of carbonyl (C=O) groups excluding carboxylic acids is 1. The van der Waals surface area contributed by atoms with Gasteiger partial charge < -0.3 is 15.2 Å². The van der Waals surface area contributed by atoms with Crippen molar-refractivity contribution in [2.45, 2.75) is 39.2 Å². The van der Waals surface area contributed by atoms with Crippen molar-refractivity contribution in [3.8, 4) is 5.75 Å². The summed E-state index contributed by atoms with van der Waals surface area (Å²) in [6.45, 7) is 3.85. The fraction of sp³-hybridized carbons (Fsp3) is 0.455. The Labute approximate surface area is 175 Å². The van der Waals surface area contributed by atoms with E-state index in [9.17, 15) is 4.79 Å². The number of aliphatic hydroxyl groups excluding tert-OH is 1. The van der Waals surface area contributed by atoms with Gasteiger partial charge in [-0.15, -0.1) is 0 Å². The number of aromatic nitrogens is 4. The van der Waals surface area contributed by atoms with Crippen LogP contribution in [0, 0.1) is 12.8 Å². The highest BCUT2D eigenvalue weighted by molar-refractivity contribution is 5.86. The summed E-state index contributed by atoms with van der Waals surface area (Å²) < 4.78 is 7.68. The van der Waals surface area contributed by atoms with E-state index in [1.165, 1.54) is 12.8 Å². The number of hydrogen-bond donors (Lipinski definition) is 2. The first-order chi connectivity index (χ1) is 14.6. The zero-order valence-corrected chi connectivity index (χ0v) is 17.2. The molecule has 0 unspecified atom stereocenters. The van der Waals surface area contributed by atoms with E-state index in [-0.39, 0.29) is 18.9 Å². The van der Waals surface area contributed by atoms with Gasteiger partial charge in [0.15, 0.2) is 0 Å². The molecule has 0 bridgehead atoms. The number of aliphatic hydroxyl groups is 1. The van der Waals surface area contributed by atoms with E-state index in [2.05, 4.69) is 20.4 Å². The Bertz CT molecular complexity index is 1030. The van der Waals surface area contributed by atoms with Crippen LogP contribution in [0.15, 0.2) is 30.7 Å². The zero-order valence-electron chi connectivity index (χ0n) is 17.2. The molecule has 2 N–H and O–H groups in total. The Hall–Kier alpha value is -3.00. The van der Waals surface area contributed by atoms with E-state index < -0.39 is 0 Å². The Morgan fingerprint density at radius 3 is 3.00 bits per heavy atom. The minimum Gasteiger partial charge on any atom is -0.491 e. The van der Waals surface area contributed by atoms with Gasteiger partial charge in [0.25, 0.3) is 0 Å². The van der Waals surface area contributed by atoms with Crippen LogP contribution in [0.1, 0.15) is 36.2 Å². The summed E-state index contributed by atoms with van der Waals surface area (Å²) in [6, 6.07) is 3.87. The minimum absolute atomic E-state index is 0.0576. The van der Waals surface area contributed by atoms with Gasteiger partial charge in [-0.3, -0.25) is 19.4 Å². The van der Waals surface area contributed by atoms with Crippen molar-refractivity contribution in [3.05, 3.63) is 47.7 Å². The average molecular weight is 409 g/mol. The third kappa shape index (κ3) is 5.13. The van der Waals surface area contributed by atoms with Crippen LogP contribution >= 0.6 is 0 Å². The van der Waals surface area contributed by atoms with Crippen molar-refractivity contribution < 1.29 is 14.6 Å². The number of ether oxygens (including phenoxy) is 1. The number of nitrogens with zero attached hydrogens (tertiary/aromatic N) is 4. The number of carbonyl (C=O) groups is 1. The molecule has 0 aliphatic heterocycles. The first kappa shape index (κ1) is 20.3. The van der Waals surface area contributed by atoms with Crippen LogP contribution < -0.4 is 10.1 Å². The lowest BCUT2D eigenvalue weighted by Crippen LogP contribution is -2.26. The lowest BCUT2D eigenvalue weighted by Gasteiger charge is -2.09. The van der Waals surface area contributed by atoms with Crippen molar-refractivity contribution in [2.24, 2.45) is 5.92 Å². The molecule has 3 aromatic rings. The Kier molecular flexibility index (Phi) is 6.23. The maximum Gasteiger partial charge on any atom is 0.226 e. The highest BCUT2D eigenvalue weighted by atomic mass is 16.5. The number of nitrogens with one attached hydrogen (secondary N) is 1. The molecule has 1 aliphatic rings. The van der Waals surface area contributed by atoms with Gasteiger partial charge >= 0.3 is 0 Å². The zero-order chi connectivity index (χ0) is 20.9. The standard InChI is InChI=1S/C22H27N5O3/c1-15-9-17(25-11-21(15)30-14-16-3-4-16)12-27-13-18-19(26-27)5-7-23-20(18)10-22(29)24-6-2-8-28/h5,7,9,11,13,16,28H,2-4,6,8,10,12,14H2,1H3,(H,24,29). The van der Waals surface area contributed by atoms with Crippen LogP contribution in [0.3, 0.4) is 0 Å². The fourth-order valence-electron chi connectivity index (χ4n) is 3.29. The van der Waals surface area contributed by atoms with Gasteiger partial charge in [0.2, 0.25) is 5.91 Å². The third-order valence-electron chi connectivity index (χ3n) is 5.16. The number of pyridine rings is 2. The molecule has 1 amide bonds. The molecule has 158 valence electrons. The van der Waals surface area contributed by atoms with Crippen molar-refractivity contribution in [2.75, 3.05) is 19.8 Å². The quantitative estimate of drug-likeness (QED) is 0.497. The molecule has 0 spiro atoms. The van der Waals surface area contributed by atoms with Gasteiger partial charge in [0.1, 0.15) is 5.75 Å². The van der Waals surface area contributed by atoms with Crippen LogP contribution in [0.2, 0.25) is 0 Å². The molecule has 0 atom stereocenters. The Morgan fingerprint density at radius 1 is 1.37 bits per heavy atom. The normalized spacial score (nSPS) is 13.5. The average Bonchev–Trinajstić information content (AvgIpc) is 3.46. The number of amides is 1. The van der Waals surface area contributed by atoms with E-state index in [1.54, 1.807) is 12.4 Å². The van der Waals surface area contributed by atoms with Crippen molar-refractivity contribution in [3.63, 3.8) is 0 Å². The molecule has 8 heteroatoms. The second kappa shape index (κ2) is 9.21. The molecule has 8 nitrogen and oxygen atoms in total. The lowest BCUT2D eigenvalue weighted by molar-refractivity contribution is -0.120. The van der Waals surface area contributed by atoms with Crippen LogP contribution in [-0.4, -0.2) is 50.5 Å². The fourth-order valence-corrected chi connectivity index (χ4v) is 3.29. The summed E-state index contributed by atoms with van der Waals surface area (Å²) in [5, 5.41) is 17.1. The van der Waals surface area contributed by atoms with E-state index in [1.807, 2.05) is 29.9 Å². The second-order valence-electron chi connectivity index (χ2n) is 7.82. The Morgan fingerprint density at radius 2 is 2.23 bits per heavy atom. The van der Waals surface area contributed by atoms with E-state index in [0.29, 0.717) is 31.1 Å². The maximum atomic E-state index is 12.1. The molecule has 1 aliphatic carbocycles. The summed E-state index contributed by atoms with van der Waals surface area (Å²) in [6.07, 6.45) is 8.62. The highest BCUT2D eigenvalue weighted by Gasteiger charge is 2.22. The monoisotopic (exact) mass is 409 g/mol. The summed E-state index contributed by atoms with van der Waals surface area (Å²) in [5.74, 6) is 1.44. The third-order valence-corrected chi connectivity index (χ3v) is 5.16. The number of aryl methyl sites for hydroxylation is 1. The van der Waals surface area contributed by atoms with Gasteiger partial charge in [0.05, 0.1) is 42.7 Å². The molecular weight excluding hydrogens is 382 g/mol. The van der Waals surface area contributed by atoms with E-state index >= 15 is 0 Å². The molecule has 3 heterocycles. The van der Waals surface area contributed by atoms with Crippen LogP contribution in [0.25, 0.3) is 10.9 Å². The van der Waals surface area contributed by atoms with Crippen molar-refractivity contribution in [1.82, 2.24) is 25.1 Å².